The molecule has 0 aliphatic carbocycles. The van der Waals surface area contributed by atoms with E-state index in [1.165, 1.54) is 54.9 Å². The van der Waals surface area contributed by atoms with Crippen molar-refractivity contribution in [3.8, 4) is 12.3 Å². The summed E-state index contributed by atoms with van der Waals surface area (Å²) >= 11 is 0. The Bertz CT molecular complexity index is 587. The number of hydrogen-bond acceptors (Lipinski definition) is 0. The highest BCUT2D eigenvalue weighted by atomic mass is 14.1. The van der Waals surface area contributed by atoms with E-state index in [-0.39, 0.29) is 0 Å². The molecule has 0 bridgehead atoms. The molecule has 0 N–H and O–H groups in total. The number of fused-ring (bicyclic) bond motifs is 1. The molecule has 0 aliphatic rings. The highest BCUT2D eigenvalue weighted by Crippen LogP contribution is 2.24. The first-order valence-corrected chi connectivity index (χ1v) is 7.84. The standard InChI is InChI=1S/C20H24/c1-3-5-6-7-8-9-12-18-16-15-17(4-2)19-13-10-11-14-20(18)19/h2,10-11,13-16H,3,5-9,12H2,1H3. The second-order valence-electron chi connectivity index (χ2n) is 5.48. The Kier molecular flexibility index (Phi) is 5.69. The fraction of sp³-hybridized carbons (Fsp3) is 0.400. The lowest BCUT2D eigenvalue weighted by Crippen LogP contribution is -1.90. The summed E-state index contributed by atoms with van der Waals surface area (Å²) in [6.45, 7) is 2.26. The van der Waals surface area contributed by atoms with Gasteiger partial charge in [-0.05, 0) is 35.2 Å². The van der Waals surface area contributed by atoms with Gasteiger partial charge in [0.05, 0.1) is 0 Å². The van der Waals surface area contributed by atoms with Gasteiger partial charge in [0, 0.05) is 5.56 Å². The number of rotatable bonds is 7. The molecule has 0 spiro atoms. The zero-order valence-corrected chi connectivity index (χ0v) is 12.5. The first-order chi connectivity index (χ1) is 9.86. The molecule has 0 heteroatoms. The highest BCUT2D eigenvalue weighted by molar-refractivity contribution is 5.90. The van der Waals surface area contributed by atoms with E-state index in [9.17, 15) is 0 Å². The minimum Gasteiger partial charge on any atom is -0.115 e. The van der Waals surface area contributed by atoms with Crippen LogP contribution in [0.2, 0.25) is 0 Å². The van der Waals surface area contributed by atoms with Crippen molar-refractivity contribution in [3.63, 3.8) is 0 Å². The van der Waals surface area contributed by atoms with Crippen LogP contribution in [0.4, 0.5) is 0 Å². The Morgan fingerprint density at radius 2 is 1.55 bits per heavy atom. The van der Waals surface area contributed by atoms with Gasteiger partial charge in [-0.25, -0.2) is 0 Å². The maximum Gasteiger partial charge on any atom is 0.0321 e. The van der Waals surface area contributed by atoms with Crippen LogP contribution in [0.25, 0.3) is 10.8 Å². The predicted octanol–water partition coefficient (Wildman–Crippen LogP) is 5.72. The topological polar surface area (TPSA) is 0 Å². The molecule has 0 unspecified atom stereocenters. The van der Waals surface area contributed by atoms with Gasteiger partial charge in [0.25, 0.3) is 0 Å². The number of hydrogen-bond donors (Lipinski definition) is 0. The Hall–Kier alpha value is -1.74. The summed E-state index contributed by atoms with van der Waals surface area (Å²) in [6.07, 6.45) is 14.8. The third-order valence-corrected chi connectivity index (χ3v) is 3.97. The van der Waals surface area contributed by atoms with E-state index < -0.39 is 0 Å². The molecule has 0 heterocycles. The van der Waals surface area contributed by atoms with E-state index in [0.717, 1.165) is 12.0 Å². The summed E-state index contributed by atoms with van der Waals surface area (Å²) in [7, 11) is 0. The van der Waals surface area contributed by atoms with Crippen molar-refractivity contribution in [1.29, 1.82) is 0 Å². The summed E-state index contributed by atoms with van der Waals surface area (Å²) in [4.78, 5) is 0. The summed E-state index contributed by atoms with van der Waals surface area (Å²) < 4.78 is 0. The molecule has 0 aromatic heterocycles. The molecule has 0 fully saturated rings. The van der Waals surface area contributed by atoms with Crippen molar-refractivity contribution in [2.75, 3.05) is 0 Å². The zero-order chi connectivity index (χ0) is 14.2. The van der Waals surface area contributed by atoms with Crippen molar-refractivity contribution >= 4 is 10.8 Å². The van der Waals surface area contributed by atoms with E-state index in [2.05, 4.69) is 49.2 Å². The molecule has 0 atom stereocenters. The van der Waals surface area contributed by atoms with Gasteiger partial charge in [0.15, 0.2) is 0 Å². The smallest absolute Gasteiger partial charge is 0.0321 e. The van der Waals surface area contributed by atoms with Gasteiger partial charge in [0.1, 0.15) is 0 Å². The van der Waals surface area contributed by atoms with Crippen molar-refractivity contribution < 1.29 is 0 Å². The van der Waals surface area contributed by atoms with Crippen LogP contribution < -0.4 is 0 Å². The Labute approximate surface area is 123 Å². The van der Waals surface area contributed by atoms with E-state index in [1.54, 1.807) is 0 Å². The molecule has 0 aliphatic heterocycles. The lowest BCUT2D eigenvalue weighted by atomic mass is 9.96. The molecule has 2 aromatic rings. The monoisotopic (exact) mass is 264 g/mol. The van der Waals surface area contributed by atoms with Crippen LogP contribution in [0.5, 0.6) is 0 Å². The quantitative estimate of drug-likeness (QED) is 0.443. The Balaban J connectivity index is 2.02. The average Bonchev–Trinajstić information content (AvgIpc) is 2.50. The largest absolute Gasteiger partial charge is 0.115 e. The fourth-order valence-electron chi connectivity index (χ4n) is 2.80. The second kappa shape index (κ2) is 7.75. The van der Waals surface area contributed by atoms with Crippen LogP contribution in [-0.2, 0) is 6.42 Å². The van der Waals surface area contributed by atoms with Crippen LogP contribution in [-0.4, -0.2) is 0 Å². The molecule has 0 radical (unpaired) electrons. The Morgan fingerprint density at radius 3 is 2.30 bits per heavy atom. The van der Waals surface area contributed by atoms with Crippen molar-refractivity contribution in [2.24, 2.45) is 0 Å². The summed E-state index contributed by atoms with van der Waals surface area (Å²) in [5.74, 6) is 2.79. The number of benzene rings is 2. The molecule has 0 nitrogen and oxygen atoms in total. The van der Waals surface area contributed by atoms with Gasteiger partial charge >= 0.3 is 0 Å². The van der Waals surface area contributed by atoms with Gasteiger partial charge < -0.3 is 0 Å². The SMILES string of the molecule is C#Cc1ccc(CCCCCCCC)c2ccccc12. The predicted molar refractivity (Wildman–Crippen MR) is 89.0 cm³/mol. The summed E-state index contributed by atoms with van der Waals surface area (Å²) in [5, 5.41) is 2.55. The zero-order valence-electron chi connectivity index (χ0n) is 12.5. The fourth-order valence-corrected chi connectivity index (χ4v) is 2.80. The van der Waals surface area contributed by atoms with E-state index in [4.69, 9.17) is 6.42 Å². The molecule has 2 rings (SSSR count). The Morgan fingerprint density at radius 1 is 0.850 bits per heavy atom. The third kappa shape index (κ3) is 3.64. The number of unbranched alkanes of at least 4 members (excludes halogenated alkanes) is 5. The maximum atomic E-state index is 5.58. The van der Waals surface area contributed by atoms with Crippen molar-refractivity contribution in [3.05, 3.63) is 47.5 Å². The van der Waals surface area contributed by atoms with Gasteiger partial charge in [-0.3, -0.25) is 0 Å². The van der Waals surface area contributed by atoms with Crippen LogP contribution >= 0.6 is 0 Å². The van der Waals surface area contributed by atoms with Gasteiger partial charge in [-0.2, -0.15) is 0 Å². The van der Waals surface area contributed by atoms with Crippen LogP contribution in [0.3, 0.4) is 0 Å². The van der Waals surface area contributed by atoms with E-state index >= 15 is 0 Å². The second-order valence-corrected chi connectivity index (χ2v) is 5.48. The number of terminal acetylenes is 1. The molecule has 0 saturated carbocycles. The summed E-state index contributed by atoms with van der Waals surface area (Å²) in [5.41, 5.74) is 2.45. The lowest BCUT2D eigenvalue weighted by Gasteiger charge is -2.08. The molecule has 2 aromatic carbocycles. The van der Waals surface area contributed by atoms with Crippen LogP contribution in [0.15, 0.2) is 36.4 Å². The number of aryl methyl sites for hydroxylation is 1. The average molecular weight is 264 g/mol. The first kappa shape index (κ1) is 14.7. The molecule has 20 heavy (non-hydrogen) atoms. The summed E-state index contributed by atoms with van der Waals surface area (Å²) in [6, 6.07) is 12.8. The van der Waals surface area contributed by atoms with E-state index in [0.29, 0.717) is 0 Å². The molecule has 0 saturated heterocycles. The third-order valence-electron chi connectivity index (χ3n) is 3.97. The van der Waals surface area contributed by atoms with E-state index in [1.807, 2.05) is 0 Å². The van der Waals surface area contributed by atoms with Gasteiger partial charge in [-0.15, -0.1) is 6.42 Å². The minimum absolute atomic E-state index is 1.01. The van der Waals surface area contributed by atoms with Gasteiger partial charge in [-0.1, -0.05) is 75.3 Å². The lowest BCUT2D eigenvalue weighted by molar-refractivity contribution is 0.608. The normalized spacial score (nSPS) is 10.6. The van der Waals surface area contributed by atoms with Crippen molar-refractivity contribution in [1.82, 2.24) is 0 Å². The first-order valence-electron chi connectivity index (χ1n) is 7.84. The van der Waals surface area contributed by atoms with Crippen LogP contribution in [0.1, 0.15) is 56.6 Å². The molecular weight excluding hydrogens is 240 g/mol. The molecule has 0 amide bonds. The van der Waals surface area contributed by atoms with Crippen LogP contribution in [0, 0.1) is 12.3 Å². The molecular formula is C20H24. The van der Waals surface area contributed by atoms with Gasteiger partial charge in [0.2, 0.25) is 0 Å². The molecule has 104 valence electrons. The van der Waals surface area contributed by atoms with Crippen molar-refractivity contribution in [2.45, 2.75) is 51.9 Å². The highest BCUT2D eigenvalue weighted by Gasteiger charge is 2.04. The maximum absolute atomic E-state index is 5.58. The minimum atomic E-state index is 1.01.